The smallest absolute Gasteiger partial charge is 0.175 e. The summed E-state index contributed by atoms with van der Waals surface area (Å²) in [4.78, 5) is 0.355. The van der Waals surface area contributed by atoms with Gasteiger partial charge in [0.2, 0.25) is 0 Å². The highest BCUT2D eigenvalue weighted by molar-refractivity contribution is 7.90. The molecule has 1 N–H and O–H groups in total. The summed E-state index contributed by atoms with van der Waals surface area (Å²) in [5.74, 6) is 1.68. The standard InChI is InChI=1S/C14H17NO3S/c1-10-4-6-12(8-14(10)19(3,16)17)15-9-13-7-5-11(2)18-13/h4-8,15H,9H2,1-3H3. The van der Waals surface area contributed by atoms with Crippen LogP contribution in [0, 0.1) is 13.8 Å². The van der Waals surface area contributed by atoms with Gasteiger partial charge < -0.3 is 9.73 Å². The number of anilines is 1. The number of benzene rings is 1. The molecule has 0 saturated heterocycles. The molecule has 0 amide bonds. The van der Waals surface area contributed by atoms with Crippen LogP contribution in [-0.4, -0.2) is 14.7 Å². The molecule has 0 aliphatic heterocycles. The molecule has 4 nitrogen and oxygen atoms in total. The first-order chi connectivity index (χ1) is 8.86. The Morgan fingerprint density at radius 2 is 1.89 bits per heavy atom. The van der Waals surface area contributed by atoms with Crippen molar-refractivity contribution in [2.24, 2.45) is 0 Å². The summed E-state index contributed by atoms with van der Waals surface area (Å²) in [5.41, 5.74) is 1.52. The monoisotopic (exact) mass is 279 g/mol. The van der Waals surface area contributed by atoms with Crippen LogP contribution in [0.5, 0.6) is 0 Å². The van der Waals surface area contributed by atoms with Gasteiger partial charge in [0.25, 0.3) is 0 Å². The quantitative estimate of drug-likeness (QED) is 0.935. The molecule has 0 radical (unpaired) electrons. The highest BCUT2D eigenvalue weighted by Gasteiger charge is 2.11. The van der Waals surface area contributed by atoms with Crippen molar-refractivity contribution in [1.29, 1.82) is 0 Å². The Hall–Kier alpha value is -1.75. The Kier molecular flexibility index (Phi) is 3.66. The predicted octanol–water partition coefficient (Wildman–Crippen LogP) is 2.91. The van der Waals surface area contributed by atoms with Crippen LogP contribution in [0.2, 0.25) is 0 Å². The molecule has 19 heavy (non-hydrogen) atoms. The minimum absolute atomic E-state index is 0.355. The van der Waals surface area contributed by atoms with Gasteiger partial charge in [-0.25, -0.2) is 8.42 Å². The molecule has 0 fully saturated rings. The Morgan fingerprint density at radius 1 is 1.16 bits per heavy atom. The summed E-state index contributed by atoms with van der Waals surface area (Å²) in [7, 11) is -3.20. The minimum atomic E-state index is -3.20. The molecular weight excluding hydrogens is 262 g/mol. The van der Waals surface area contributed by atoms with E-state index in [9.17, 15) is 8.42 Å². The third-order valence-corrected chi connectivity index (χ3v) is 4.09. The van der Waals surface area contributed by atoms with Crippen LogP contribution < -0.4 is 5.32 Å². The lowest BCUT2D eigenvalue weighted by Crippen LogP contribution is -2.03. The van der Waals surface area contributed by atoms with E-state index < -0.39 is 9.84 Å². The normalized spacial score (nSPS) is 11.5. The van der Waals surface area contributed by atoms with Gasteiger partial charge in [-0.2, -0.15) is 0 Å². The fourth-order valence-corrected chi connectivity index (χ4v) is 2.87. The van der Waals surface area contributed by atoms with Crippen LogP contribution in [0.15, 0.2) is 39.6 Å². The first-order valence-corrected chi connectivity index (χ1v) is 7.85. The second-order valence-corrected chi connectivity index (χ2v) is 6.60. The molecule has 102 valence electrons. The lowest BCUT2D eigenvalue weighted by atomic mass is 10.2. The summed E-state index contributed by atoms with van der Waals surface area (Å²) < 4.78 is 28.7. The van der Waals surface area contributed by atoms with Gasteiger partial charge in [-0.05, 0) is 43.7 Å². The van der Waals surface area contributed by atoms with Crippen LogP contribution in [0.4, 0.5) is 5.69 Å². The van der Waals surface area contributed by atoms with E-state index in [1.165, 1.54) is 6.26 Å². The second-order valence-electron chi connectivity index (χ2n) is 4.62. The number of rotatable bonds is 4. The van der Waals surface area contributed by atoms with Gasteiger partial charge >= 0.3 is 0 Å². The van der Waals surface area contributed by atoms with Crippen LogP contribution in [0.3, 0.4) is 0 Å². The van der Waals surface area contributed by atoms with Gasteiger partial charge in [-0.1, -0.05) is 6.07 Å². The fourth-order valence-electron chi connectivity index (χ4n) is 1.88. The molecule has 0 unspecified atom stereocenters. The lowest BCUT2D eigenvalue weighted by Gasteiger charge is -2.09. The average molecular weight is 279 g/mol. The maximum atomic E-state index is 11.6. The number of hydrogen-bond donors (Lipinski definition) is 1. The number of furan rings is 1. The minimum Gasteiger partial charge on any atom is -0.465 e. The molecule has 1 heterocycles. The van der Waals surface area contributed by atoms with Crippen molar-refractivity contribution in [3.05, 3.63) is 47.4 Å². The second kappa shape index (κ2) is 5.09. The zero-order valence-corrected chi connectivity index (χ0v) is 12.0. The Labute approximate surface area is 113 Å². The summed E-state index contributed by atoms with van der Waals surface area (Å²) in [6.07, 6.45) is 1.22. The zero-order valence-electron chi connectivity index (χ0n) is 11.2. The van der Waals surface area contributed by atoms with Crippen molar-refractivity contribution >= 4 is 15.5 Å². The summed E-state index contributed by atoms with van der Waals surface area (Å²) >= 11 is 0. The van der Waals surface area contributed by atoms with Crippen molar-refractivity contribution in [1.82, 2.24) is 0 Å². The third-order valence-electron chi connectivity index (χ3n) is 2.85. The highest BCUT2D eigenvalue weighted by Crippen LogP contribution is 2.20. The first kappa shape index (κ1) is 13.7. The molecule has 0 spiro atoms. The topological polar surface area (TPSA) is 59.3 Å². The number of sulfone groups is 1. The van der Waals surface area contributed by atoms with E-state index in [-0.39, 0.29) is 0 Å². The molecule has 0 saturated carbocycles. The molecule has 1 aromatic carbocycles. The maximum Gasteiger partial charge on any atom is 0.175 e. The molecular formula is C14H17NO3S. The molecule has 2 rings (SSSR count). The van der Waals surface area contributed by atoms with E-state index in [0.29, 0.717) is 11.4 Å². The summed E-state index contributed by atoms with van der Waals surface area (Å²) in [5, 5.41) is 3.16. The summed E-state index contributed by atoms with van der Waals surface area (Å²) in [6.45, 7) is 4.20. The molecule has 1 aromatic heterocycles. The van der Waals surface area contributed by atoms with Crippen LogP contribution in [0.25, 0.3) is 0 Å². The van der Waals surface area contributed by atoms with E-state index in [1.807, 2.05) is 25.1 Å². The van der Waals surface area contributed by atoms with Gasteiger partial charge in [-0.3, -0.25) is 0 Å². The predicted molar refractivity (Wildman–Crippen MR) is 75.1 cm³/mol. The molecule has 5 heteroatoms. The van der Waals surface area contributed by atoms with Crippen molar-refractivity contribution in [3.63, 3.8) is 0 Å². The SMILES string of the molecule is Cc1ccc(CNc2ccc(C)c(S(C)(=O)=O)c2)o1. The number of aryl methyl sites for hydroxylation is 2. The van der Waals surface area contributed by atoms with Crippen molar-refractivity contribution in [3.8, 4) is 0 Å². The van der Waals surface area contributed by atoms with E-state index in [1.54, 1.807) is 19.1 Å². The van der Waals surface area contributed by atoms with E-state index in [4.69, 9.17) is 4.42 Å². The Morgan fingerprint density at radius 3 is 2.47 bits per heavy atom. The van der Waals surface area contributed by atoms with Crippen molar-refractivity contribution in [2.45, 2.75) is 25.3 Å². The van der Waals surface area contributed by atoms with Gasteiger partial charge in [0.1, 0.15) is 11.5 Å². The van der Waals surface area contributed by atoms with Crippen LogP contribution in [0.1, 0.15) is 17.1 Å². The van der Waals surface area contributed by atoms with Crippen LogP contribution in [-0.2, 0) is 16.4 Å². The van der Waals surface area contributed by atoms with Crippen LogP contribution >= 0.6 is 0 Å². The maximum absolute atomic E-state index is 11.6. The van der Waals surface area contributed by atoms with E-state index in [2.05, 4.69) is 5.32 Å². The molecule has 0 bridgehead atoms. The average Bonchev–Trinajstić information content (AvgIpc) is 2.72. The Balaban J connectivity index is 2.18. The van der Waals surface area contributed by atoms with Gasteiger partial charge in [0, 0.05) is 11.9 Å². The Bertz CT molecular complexity index is 686. The van der Waals surface area contributed by atoms with Gasteiger partial charge in [-0.15, -0.1) is 0 Å². The van der Waals surface area contributed by atoms with Gasteiger partial charge in [0.05, 0.1) is 11.4 Å². The first-order valence-electron chi connectivity index (χ1n) is 5.96. The molecule has 0 aliphatic rings. The van der Waals surface area contributed by atoms with Crippen molar-refractivity contribution in [2.75, 3.05) is 11.6 Å². The third kappa shape index (κ3) is 3.38. The van der Waals surface area contributed by atoms with Gasteiger partial charge in [0.15, 0.2) is 9.84 Å². The van der Waals surface area contributed by atoms with Crippen molar-refractivity contribution < 1.29 is 12.8 Å². The largest absolute Gasteiger partial charge is 0.465 e. The van der Waals surface area contributed by atoms with E-state index in [0.717, 1.165) is 22.8 Å². The molecule has 0 aliphatic carbocycles. The highest BCUT2D eigenvalue weighted by atomic mass is 32.2. The molecule has 2 aromatic rings. The van der Waals surface area contributed by atoms with E-state index >= 15 is 0 Å². The molecule has 0 atom stereocenters. The number of nitrogens with one attached hydrogen (secondary N) is 1. The summed E-state index contributed by atoms with van der Waals surface area (Å²) in [6, 6.07) is 9.11. The number of hydrogen-bond acceptors (Lipinski definition) is 4. The fraction of sp³-hybridized carbons (Fsp3) is 0.286. The zero-order chi connectivity index (χ0) is 14.0. The lowest BCUT2D eigenvalue weighted by molar-refractivity contribution is 0.490.